The van der Waals surface area contributed by atoms with Gasteiger partial charge >= 0.3 is 0 Å². The van der Waals surface area contributed by atoms with Crippen molar-refractivity contribution in [1.29, 1.82) is 0 Å². The van der Waals surface area contributed by atoms with Gasteiger partial charge in [-0.05, 0) is 37.7 Å². The van der Waals surface area contributed by atoms with E-state index in [9.17, 15) is 4.39 Å². The molecule has 0 radical (unpaired) electrons. The number of benzene rings is 1. The lowest BCUT2D eigenvalue weighted by Gasteiger charge is -2.41. The zero-order chi connectivity index (χ0) is 14.0. The van der Waals surface area contributed by atoms with Crippen LogP contribution in [0.15, 0.2) is 18.2 Å². The molecule has 0 spiro atoms. The molecule has 2 rings (SSSR count). The zero-order valence-corrected chi connectivity index (χ0v) is 12.2. The molecule has 1 fully saturated rings. The quantitative estimate of drug-likeness (QED) is 0.923. The summed E-state index contributed by atoms with van der Waals surface area (Å²) in [7, 11) is 2.12. The Morgan fingerprint density at radius 3 is 2.74 bits per heavy atom. The minimum atomic E-state index is -0.303. The van der Waals surface area contributed by atoms with Crippen LogP contribution in [-0.4, -0.2) is 49.1 Å². The van der Waals surface area contributed by atoms with Crippen LogP contribution in [0.5, 0.6) is 0 Å². The number of likely N-dealkylation sites (N-methyl/N-ethyl adjacent to an activating group) is 1. The first kappa shape index (κ1) is 14.7. The third-order valence-corrected chi connectivity index (χ3v) is 4.14. The zero-order valence-electron chi connectivity index (χ0n) is 11.4. The van der Waals surface area contributed by atoms with Crippen LogP contribution in [0.25, 0.3) is 0 Å². The molecule has 3 nitrogen and oxygen atoms in total. The number of halogens is 2. The summed E-state index contributed by atoms with van der Waals surface area (Å²) in [4.78, 5) is 4.64. The first-order valence-electron chi connectivity index (χ1n) is 6.61. The minimum Gasteiger partial charge on any atom is -0.329 e. The number of hydrogen-bond acceptors (Lipinski definition) is 3. The Morgan fingerprint density at radius 1 is 1.42 bits per heavy atom. The number of hydrogen-bond donors (Lipinski definition) is 1. The summed E-state index contributed by atoms with van der Waals surface area (Å²) in [6.07, 6.45) is 0. The Hall–Kier alpha value is -0.680. The number of nitrogens with zero attached hydrogens (tertiary/aromatic N) is 2. The maximum absolute atomic E-state index is 13.5. The number of piperazine rings is 1. The SMILES string of the molecule is CC1CN(C(CN)c2cc(F)cc(Cl)c2)CCN1C. The maximum Gasteiger partial charge on any atom is 0.125 e. The molecule has 0 amide bonds. The average molecular weight is 286 g/mol. The highest BCUT2D eigenvalue weighted by molar-refractivity contribution is 6.30. The molecule has 1 aliphatic rings. The summed E-state index contributed by atoms with van der Waals surface area (Å²) in [5, 5.41) is 0.427. The molecule has 0 aromatic heterocycles. The summed E-state index contributed by atoms with van der Waals surface area (Å²) in [5.74, 6) is -0.303. The third kappa shape index (κ3) is 3.45. The van der Waals surface area contributed by atoms with Crippen LogP contribution in [0.4, 0.5) is 4.39 Å². The van der Waals surface area contributed by atoms with E-state index in [4.69, 9.17) is 17.3 Å². The monoisotopic (exact) mass is 285 g/mol. The van der Waals surface area contributed by atoms with Crippen LogP contribution in [0, 0.1) is 5.82 Å². The molecule has 1 aromatic carbocycles. The molecule has 0 saturated carbocycles. The van der Waals surface area contributed by atoms with Gasteiger partial charge in [-0.2, -0.15) is 0 Å². The Labute approximate surface area is 119 Å². The van der Waals surface area contributed by atoms with E-state index in [1.807, 2.05) is 6.07 Å². The molecule has 0 bridgehead atoms. The summed E-state index contributed by atoms with van der Waals surface area (Å²) in [6.45, 7) is 5.54. The lowest BCUT2D eigenvalue weighted by Crippen LogP contribution is -2.52. The topological polar surface area (TPSA) is 32.5 Å². The minimum absolute atomic E-state index is 0.0318. The van der Waals surface area contributed by atoms with E-state index in [-0.39, 0.29) is 11.9 Å². The number of rotatable bonds is 3. The van der Waals surface area contributed by atoms with Crippen molar-refractivity contribution in [2.75, 3.05) is 33.2 Å². The normalized spacial score (nSPS) is 23.5. The van der Waals surface area contributed by atoms with Crippen LogP contribution in [-0.2, 0) is 0 Å². The molecule has 1 aliphatic heterocycles. The van der Waals surface area contributed by atoms with Crippen molar-refractivity contribution in [3.8, 4) is 0 Å². The van der Waals surface area contributed by atoms with Gasteiger partial charge in [0.15, 0.2) is 0 Å². The van der Waals surface area contributed by atoms with Gasteiger partial charge < -0.3 is 10.6 Å². The van der Waals surface area contributed by atoms with Gasteiger partial charge in [0.05, 0.1) is 0 Å². The van der Waals surface area contributed by atoms with E-state index in [0.29, 0.717) is 17.6 Å². The smallest absolute Gasteiger partial charge is 0.125 e. The number of nitrogens with two attached hydrogens (primary N) is 1. The van der Waals surface area contributed by atoms with E-state index < -0.39 is 0 Å². The van der Waals surface area contributed by atoms with E-state index in [2.05, 4.69) is 23.8 Å². The summed E-state index contributed by atoms with van der Waals surface area (Å²) in [6, 6.07) is 5.18. The second-order valence-electron chi connectivity index (χ2n) is 5.28. The Bertz CT molecular complexity index is 420. The highest BCUT2D eigenvalue weighted by Gasteiger charge is 2.27. The Balaban J connectivity index is 2.19. The van der Waals surface area contributed by atoms with Gasteiger partial charge in [0.2, 0.25) is 0 Å². The van der Waals surface area contributed by atoms with Crippen LogP contribution in [0.3, 0.4) is 0 Å². The van der Waals surface area contributed by atoms with Gasteiger partial charge in [-0.15, -0.1) is 0 Å². The molecular weight excluding hydrogens is 265 g/mol. The van der Waals surface area contributed by atoms with Crippen molar-refractivity contribution in [3.63, 3.8) is 0 Å². The van der Waals surface area contributed by atoms with E-state index in [1.165, 1.54) is 12.1 Å². The largest absolute Gasteiger partial charge is 0.329 e. The van der Waals surface area contributed by atoms with Crippen molar-refractivity contribution in [2.24, 2.45) is 5.73 Å². The third-order valence-electron chi connectivity index (χ3n) is 3.92. The maximum atomic E-state index is 13.5. The average Bonchev–Trinajstić information content (AvgIpc) is 2.33. The van der Waals surface area contributed by atoms with Crippen molar-refractivity contribution in [1.82, 2.24) is 9.80 Å². The van der Waals surface area contributed by atoms with Crippen LogP contribution < -0.4 is 5.73 Å². The molecule has 19 heavy (non-hydrogen) atoms. The van der Waals surface area contributed by atoms with Crippen molar-refractivity contribution in [2.45, 2.75) is 19.0 Å². The summed E-state index contributed by atoms with van der Waals surface area (Å²) < 4.78 is 13.5. The first-order valence-corrected chi connectivity index (χ1v) is 6.99. The fourth-order valence-electron chi connectivity index (χ4n) is 2.62. The highest BCUT2D eigenvalue weighted by Crippen LogP contribution is 2.26. The molecule has 2 unspecified atom stereocenters. The molecular formula is C14H21ClFN3. The Kier molecular flexibility index (Phi) is 4.79. The predicted molar refractivity (Wildman–Crippen MR) is 76.9 cm³/mol. The Morgan fingerprint density at radius 2 is 2.16 bits per heavy atom. The standard InChI is InChI=1S/C14H21ClFN3/c1-10-9-19(4-3-18(10)2)14(8-17)11-5-12(15)7-13(16)6-11/h5-7,10,14H,3-4,8-9,17H2,1-2H3. The molecule has 2 N–H and O–H groups in total. The van der Waals surface area contributed by atoms with Gasteiger partial charge in [0, 0.05) is 43.3 Å². The van der Waals surface area contributed by atoms with Gasteiger partial charge in [0.1, 0.15) is 5.82 Å². The van der Waals surface area contributed by atoms with Crippen molar-refractivity contribution < 1.29 is 4.39 Å². The van der Waals surface area contributed by atoms with Crippen LogP contribution in [0.1, 0.15) is 18.5 Å². The highest BCUT2D eigenvalue weighted by atomic mass is 35.5. The molecule has 5 heteroatoms. The predicted octanol–water partition coefficient (Wildman–Crippen LogP) is 2.11. The summed E-state index contributed by atoms with van der Waals surface area (Å²) >= 11 is 5.93. The molecule has 2 atom stereocenters. The summed E-state index contributed by atoms with van der Waals surface area (Å²) in [5.41, 5.74) is 6.76. The van der Waals surface area contributed by atoms with E-state index >= 15 is 0 Å². The molecule has 106 valence electrons. The van der Waals surface area contributed by atoms with Gasteiger partial charge in [-0.25, -0.2) is 4.39 Å². The van der Waals surface area contributed by atoms with E-state index in [1.54, 1.807) is 0 Å². The van der Waals surface area contributed by atoms with Gasteiger partial charge in [-0.1, -0.05) is 11.6 Å². The lowest BCUT2D eigenvalue weighted by molar-refractivity contribution is 0.0740. The van der Waals surface area contributed by atoms with Gasteiger partial charge in [-0.3, -0.25) is 4.90 Å². The van der Waals surface area contributed by atoms with Crippen molar-refractivity contribution >= 4 is 11.6 Å². The molecule has 1 aromatic rings. The van der Waals surface area contributed by atoms with Crippen molar-refractivity contribution in [3.05, 3.63) is 34.6 Å². The van der Waals surface area contributed by atoms with Crippen LogP contribution in [0.2, 0.25) is 5.02 Å². The second kappa shape index (κ2) is 6.18. The van der Waals surface area contributed by atoms with E-state index in [0.717, 1.165) is 25.2 Å². The van der Waals surface area contributed by atoms with Gasteiger partial charge in [0.25, 0.3) is 0 Å². The lowest BCUT2D eigenvalue weighted by atomic mass is 10.0. The fraction of sp³-hybridized carbons (Fsp3) is 0.571. The first-order chi connectivity index (χ1) is 9.01. The fourth-order valence-corrected chi connectivity index (χ4v) is 2.85. The van der Waals surface area contributed by atoms with Crippen LogP contribution >= 0.6 is 11.6 Å². The molecule has 1 saturated heterocycles. The molecule has 0 aliphatic carbocycles. The second-order valence-corrected chi connectivity index (χ2v) is 5.72. The molecule has 1 heterocycles.